The highest BCUT2D eigenvalue weighted by Gasteiger charge is 2.43. The van der Waals surface area contributed by atoms with Crippen LogP contribution in [0.2, 0.25) is 0 Å². The lowest BCUT2D eigenvalue weighted by Gasteiger charge is -2.17. The topological polar surface area (TPSA) is 72.5 Å². The maximum atomic E-state index is 12.8. The van der Waals surface area contributed by atoms with Crippen LogP contribution in [0.3, 0.4) is 0 Å². The largest absolute Gasteiger partial charge is 0.383 e. The van der Waals surface area contributed by atoms with E-state index in [4.69, 9.17) is 4.74 Å². The molecule has 3 unspecified atom stereocenters. The number of hydrogen-bond donors (Lipinski definition) is 1. The number of aryl methyl sites for hydroxylation is 2. The molecule has 5 nitrogen and oxygen atoms in total. The second-order valence-corrected chi connectivity index (χ2v) is 7.70. The lowest BCUT2D eigenvalue weighted by atomic mass is 9.87. The smallest absolute Gasteiger partial charge is 0.221 e. The van der Waals surface area contributed by atoms with E-state index in [1.54, 1.807) is 7.11 Å². The van der Waals surface area contributed by atoms with Gasteiger partial charge in [-0.2, -0.15) is 0 Å². The van der Waals surface area contributed by atoms with E-state index in [9.17, 15) is 14.4 Å². The fourth-order valence-electron chi connectivity index (χ4n) is 3.56. The standard InChI is InChI=1S/C19H24BrNO4/c1-10-5-14(20)6-11(2)17(10)18-15(22)7-13(19(18)24)8-16(23)21-12(3)9-25-4/h5-6,12-13,18H,7-9H2,1-4H3,(H,21,23). The summed E-state index contributed by atoms with van der Waals surface area (Å²) in [5, 5.41) is 2.79. The zero-order chi connectivity index (χ0) is 18.7. The molecule has 1 aliphatic carbocycles. The Bertz CT molecular complexity index is 678. The molecule has 0 bridgehead atoms. The van der Waals surface area contributed by atoms with E-state index in [1.165, 1.54) is 0 Å². The molecule has 6 heteroatoms. The maximum Gasteiger partial charge on any atom is 0.221 e. The van der Waals surface area contributed by atoms with E-state index < -0.39 is 11.8 Å². The van der Waals surface area contributed by atoms with Gasteiger partial charge in [-0.1, -0.05) is 15.9 Å². The molecule has 0 aliphatic heterocycles. The van der Waals surface area contributed by atoms with E-state index in [0.29, 0.717) is 6.61 Å². The van der Waals surface area contributed by atoms with Crippen molar-refractivity contribution in [1.82, 2.24) is 5.32 Å². The molecule has 0 heterocycles. The molecule has 1 fully saturated rings. The molecule has 0 spiro atoms. The number of rotatable bonds is 6. The number of hydrogen-bond acceptors (Lipinski definition) is 4. The summed E-state index contributed by atoms with van der Waals surface area (Å²) in [7, 11) is 1.56. The number of ketones is 2. The maximum absolute atomic E-state index is 12.8. The number of ether oxygens (including phenoxy) is 1. The molecule has 136 valence electrons. The molecular weight excluding hydrogens is 386 g/mol. The van der Waals surface area contributed by atoms with Crippen molar-refractivity contribution < 1.29 is 19.1 Å². The Balaban J connectivity index is 2.14. The van der Waals surface area contributed by atoms with Crippen LogP contribution >= 0.6 is 15.9 Å². The molecule has 3 atom stereocenters. The number of nitrogens with one attached hydrogen (secondary N) is 1. The summed E-state index contributed by atoms with van der Waals surface area (Å²) in [5.74, 6) is -1.76. The molecule has 1 aliphatic rings. The van der Waals surface area contributed by atoms with Crippen LogP contribution in [0.4, 0.5) is 0 Å². The van der Waals surface area contributed by atoms with Crippen molar-refractivity contribution in [3.8, 4) is 0 Å². The normalized spacial score (nSPS) is 21.5. The number of amides is 1. The first-order valence-corrected chi connectivity index (χ1v) is 9.15. The SMILES string of the molecule is COCC(C)NC(=O)CC1CC(=O)C(c2c(C)cc(Br)cc2C)C1=O. The van der Waals surface area contributed by atoms with Crippen molar-refractivity contribution >= 4 is 33.4 Å². The van der Waals surface area contributed by atoms with E-state index in [0.717, 1.165) is 21.2 Å². The summed E-state index contributed by atoms with van der Waals surface area (Å²) in [6.45, 7) is 6.05. The van der Waals surface area contributed by atoms with Gasteiger partial charge in [0.1, 0.15) is 11.7 Å². The van der Waals surface area contributed by atoms with Crippen molar-refractivity contribution in [3.05, 3.63) is 33.3 Å². The van der Waals surface area contributed by atoms with Crippen molar-refractivity contribution in [2.75, 3.05) is 13.7 Å². The molecule has 1 saturated carbocycles. The van der Waals surface area contributed by atoms with E-state index in [1.807, 2.05) is 32.9 Å². The van der Waals surface area contributed by atoms with Crippen molar-refractivity contribution in [1.29, 1.82) is 0 Å². The molecule has 25 heavy (non-hydrogen) atoms. The molecule has 1 N–H and O–H groups in total. The average molecular weight is 410 g/mol. The lowest BCUT2D eigenvalue weighted by molar-refractivity contribution is -0.129. The molecule has 0 aromatic heterocycles. The van der Waals surface area contributed by atoms with Crippen LogP contribution in [0.15, 0.2) is 16.6 Å². The number of halogens is 1. The van der Waals surface area contributed by atoms with Crippen molar-refractivity contribution in [3.63, 3.8) is 0 Å². The summed E-state index contributed by atoms with van der Waals surface area (Å²) in [5.41, 5.74) is 2.61. The van der Waals surface area contributed by atoms with Crippen LogP contribution in [-0.2, 0) is 19.1 Å². The van der Waals surface area contributed by atoms with Crippen LogP contribution < -0.4 is 5.32 Å². The van der Waals surface area contributed by atoms with Crippen LogP contribution in [0.1, 0.15) is 42.4 Å². The van der Waals surface area contributed by atoms with Gasteiger partial charge in [-0.3, -0.25) is 14.4 Å². The van der Waals surface area contributed by atoms with Gasteiger partial charge in [-0.15, -0.1) is 0 Å². The zero-order valence-corrected chi connectivity index (χ0v) is 16.6. The third-order valence-electron chi connectivity index (χ3n) is 4.56. The first kappa shape index (κ1) is 19.8. The third-order valence-corrected chi connectivity index (χ3v) is 5.02. The highest BCUT2D eigenvalue weighted by molar-refractivity contribution is 9.10. The van der Waals surface area contributed by atoms with Gasteiger partial charge in [-0.25, -0.2) is 0 Å². The number of methoxy groups -OCH3 is 1. The fraction of sp³-hybridized carbons (Fsp3) is 0.526. The van der Waals surface area contributed by atoms with Crippen LogP contribution in [0.5, 0.6) is 0 Å². The van der Waals surface area contributed by atoms with Gasteiger partial charge in [0.05, 0.1) is 6.61 Å². The summed E-state index contributed by atoms with van der Waals surface area (Å²) >= 11 is 3.43. The molecule has 1 aromatic rings. The minimum Gasteiger partial charge on any atom is -0.383 e. The molecule has 0 saturated heterocycles. The number of benzene rings is 1. The van der Waals surface area contributed by atoms with Gasteiger partial charge in [0.2, 0.25) is 5.91 Å². The van der Waals surface area contributed by atoms with Gasteiger partial charge >= 0.3 is 0 Å². The monoisotopic (exact) mass is 409 g/mol. The number of Topliss-reactive ketones (excluding diaryl/α,β-unsaturated/α-hetero) is 2. The minimum absolute atomic E-state index is 0.0454. The van der Waals surface area contributed by atoms with Gasteiger partial charge < -0.3 is 10.1 Å². The second kappa shape index (κ2) is 8.23. The minimum atomic E-state index is -0.748. The molecule has 2 rings (SSSR count). The van der Waals surface area contributed by atoms with E-state index in [-0.39, 0.29) is 36.4 Å². The first-order chi connectivity index (χ1) is 11.7. The lowest BCUT2D eigenvalue weighted by Crippen LogP contribution is -2.37. The first-order valence-electron chi connectivity index (χ1n) is 8.36. The highest BCUT2D eigenvalue weighted by atomic mass is 79.9. The number of carbonyl (C=O) groups excluding carboxylic acids is 3. The van der Waals surface area contributed by atoms with Gasteiger partial charge in [0, 0.05) is 36.4 Å². The third kappa shape index (κ3) is 4.55. The number of carbonyl (C=O) groups is 3. The summed E-state index contributed by atoms with van der Waals surface area (Å²) in [4.78, 5) is 37.4. The Morgan fingerprint density at radius 1 is 1.32 bits per heavy atom. The predicted molar refractivity (Wildman–Crippen MR) is 98.6 cm³/mol. The van der Waals surface area contributed by atoms with Crippen LogP contribution in [0.25, 0.3) is 0 Å². The Kier molecular flexibility index (Phi) is 6.52. The zero-order valence-electron chi connectivity index (χ0n) is 15.0. The Morgan fingerprint density at radius 3 is 2.48 bits per heavy atom. The Hall–Kier alpha value is -1.53. The van der Waals surface area contributed by atoms with Crippen LogP contribution in [-0.4, -0.2) is 37.2 Å². The van der Waals surface area contributed by atoms with Gasteiger partial charge in [-0.05, 0) is 49.6 Å². The van der Waals surface area contributed by atoms with Crippen molar-refractivity contribution in [2.45, 2.75) is 45.6 Å². The average Bonchev–Trinajstić information content (AvgIpc) is 2.74. The quantitative estimate of drug-likeness (QED) is 0.733. The summed E-state index contributed by atoms with van der Waals surface area (Å²) < 4.78 is 5.91. The Morgan fingerprint density at radius 2 is 1.92 bits per heavy atom. The fourth-order valence-corrected chi connectivity index (χ4v) is 4.24. The molecule has 1 amide bonds. The van der Waals surface area contributed by atoms with Gasteiger partial charge in [0.15, 0.2) is 5.78 Å². The molecule has 1 aromatic carbocycles. The molecular formula is C19H24BrNO4. The van der Waals surface area contributed by atoms with Gasteiger partial charge in [0.25, 0.3) is 0 Å². The van der Waals surface area contributed by atoms with E-state index in [2.05, 4.69) is 21.2 Å². The summed E-state index contributed by atoms with van der Waals surface area (Å²) in [6, 6.07) is 3.70. The Labute approximate surface area is 156 Å². The van der Waals surface area contributed by atoms with E-state index >= 15 is 0 Å². The summed E-state index contributed by atoms with van der Waals surface area (Å²) in [6.07, 6.45) is 0.175. The second-order valence-electron chi connectivity index (χ2n) is 6.78. The predicted octanol–water partition coefficient (Wildman–Crippen LogP) is 2.85. The van der Waals surface area contributed by atoms with Crippen molar-refractivity contribution in [2.24, 2.45) is 5.92 Å². The highest BCUT2D eigenvalue weighted by Crippen LogP contribution is 2.38. The van der Waals surface area contributed by atoms with Crippen LogP contribution in [0, 0.1) is 19.8 Å². The molecule has 0 radical (unpaired) electrons.